The van der Waals surface area contributed by atoms with Crippen molar-refractivity contribution in [3.8, 4) is 22.9 Å². The molecule has 0 radical (unpaired) electrons. The summed E-state index contributed by atoms with van der Waals surface area (Å²) in [5.74, 6) is -2.32. The summed E-state index contributed by atoms with van der Waals surface area (Å²) in [5, 5.41) is 11.7. The molecule has 12 heteroatoms. The van der Waals surface area contributed by atoms with Gasteiger partial charge in [0.05, 0.1) is 12.1 Å². The first-order chi connectivity index (χ1) is 20.1. The lowest BCUT2D eigenvalue weighted by Gasteiger charge is -2.16. The molecule has 0 unspecified atom stereocenters. The molecule has 3 aromatic carbocycles. The Bertz CT molecular complexity index is 1730. The van der Waals surface area contributed by atoms with Gasteiger partial charge >= 0.3 is 12.1 Å². The lowest BCUT2D eigenvalue weighted by molar-refractivity contribution is -0.137. The Morgan fingerprint density at radius 1 is 1.02 bits per heavy atom. The highest BCUT2D eigenvalue weighted by molar-refractivity contribution is 5.85. The number of aliphatic carboxylic acids is 1. The number of benzene rings is 3. The van der Waals surface area contributed by atoms with Crippen LogP contribution in [-0.2, 0) is 24.2 Å². The minimum absolute atomic E-state index is 0.0177. The zero-order valence-electron chi connectivity index (χ0n) is 22.0. The van der Waals surface area contributed by atoms with Gasteiger partial charge in [-0.3, -0.25) is 4.79 Å². The average Bonchev–Trinajstić information content (AvgIpc) is 3.59. The van der Waals surface area contributed by atoms with Gasteiger partial charge in [-0.05, 0) is 41.8 Å². The maximum atomic E-state index is 15.1. The van der Waals surface area contributed by atoms with E-state index >= 15 is 4.39 Å². The molecule has 0 saturated carbocycles. The zero-order chi connectivity index (χ0) is 29.9. The number of nitrogens with zero attached hydrogens (tertiary/aromatic N) is 1. The Morgan fingerprint density at radius 3 is 2.62 bits per heavy atom. The number of fused-ring (bicyclic) bond motifs is 1. The fourth-order valence-electron chi connectivity index (χ4n) is 4.66. The van der Waals surface area contributed by atoms with Crippen LogP contribution in [0.2, 0.25) is 0 Å². The van der Waals surface area contributed by atoms with Crippen LogP contribution >= 0.6 is 0 Å². The van der Waals surface area contributed by atoms with E-state index in [-0.39, 0.29) is 41.4 Å². The van der Waals surface area contributed by atoms with Crippen molar-refractivity contribution in [2.45, 2.75) is 32.0 Å². The molecule has 0 bridgehead atoms. The SMILES string of the molecule is O=C(O)CCc1cccc(Cc2cnc(-c3cc(Oc4c(F)cc5[nH]ccc5c4CNCC(F)(F)F)ccc3F)[nH]2)c1. The molecule has 218 valence electrons. The third-order valence-corrected chi connectivity index (χ3v) is 6.55. The monoisotopic (exact) mass is 584 g/mol. The van der Waals surface area contributed by atoms with Gasteiger partial charge in [0, 0.05) is 60.0 Å². The Kier molecular flexibility index (Phi) is 8.25. The van der Waals surface area contributed by atoms with Crippen LogP contribution in [0.4, 0.5) is 22.0 Å². The van der Waals surface area contributed by atoms with Gasteiger partial charge in [-0.1, -0.05) is 24.3 Å². The van der Waals surface area contributed by atoms with E-state index in [9.17, 15) is 22.4 Å². The molecule has 2 aromatic heterocycles. The van der Waals surface area contributed by atoms with Gasteiger partial charge in [0.25, 0.3) is 0 Å². The molecular weight excluding hydrogens is 559 g/mol. The highest BCUT2D eigenvalue weighted by atomic mass is 19.4. The van der Waals surface area contributed by atoms with E-state index in [0.717, 1.165) is 17.2 Å². The molecule has 42 heavy (non-hydrogen) atoms. The molecule has 0 spiro atoms. The lowest BCUT2D eigenvalue weighted by atomic mass is 10.0. The molecule has 0 atom stereocenters. The first kappa shape index (κ1) is 28.8. The molecule has 0 aliphatic carbocycles. The number of aryl methyl sites for hydroxylation is 1. The molecule has 0 saturated heterocycles. The van der Waals surface area contributed by atoms with Crippen LogP contribution in [0.15, 0.2) is 67.0 Å². The van der Waals surface area contributed by atoms with Crippen molar-refractivity contribution in [2.24, 2.45) is 0 Å². The Hall–Kier alpha value is -4.71. The summed E-state index contributed by atoms with van der Waals surface area (Å²) in [7, 11) is 0. The second-order valence-corrected chi connectivity index (χ2v) is 9.71. The number of carboxylic acids is 1. The highest BCUT2D eigenvalue weighted by Gasteiger charge is 2.27. The summed E-state index contributed by atoms with van der Waals surface area (Å²) < 4.78 is 74.0. The van der Waals surface area contributed by atoms with Gasteiger partial charge in [-0.15, -0.1) is 0 Å². The summed E-state index contributed by atoms with van der Waals surface area (Å²) in [5.41, 5.74) is 3.07. The molecule has 2 heterocycles. The molecule has 5 aromatic rings. The quantitative estimate of drug-likeness (QED) is 0.127. The number of hydrogen-bond acceptors (Lipinski definition) is 4. The third-order valence-electron chi connectivity index (χ3n) is 6.55. The molecule has 0 aliphatic heterocycles. The molecule has 4 N–H and O–H groups in total. The minimum atomic E-state index is -4.46. The van der Waals surface area contributed by atoms with Gasteiger partial charge in [0.2, 0.25) is 0 Å². The largest absolute Gasteiger partial charge is 0.481 e. The van der Waals surface area contributed by atoms with Crippen molar-refractivity contribution >= 4 is 16.9 Å². The van der Waals surface area contributed by atoms with Crippen molar-refractivity contribution in [1.82, 2.24) is 20.3 Å². The topological polar surface area (TPSA) is 103 Å². The molecule has 0 fully saturated rings. The van der Waals surface area contributed by atoms with E-state index in [1.165, 1.54) is 24.4 Å². The standard InChI is InChI=1S/C30H25F5N4O3/c31-24-6-5-20(42-28-23(15-36-16-30(33,34)35)21-8-9-37-26(21)13-25(28)32)12-22(24)29-38-14-19(39-29)11-18-3-1-2-17(10-18)4-7-27(40)41/h1-3,5-6,8-10,12-14,36-37H,4,7,11,15-16H2,(H,38,39)(H,40,41). The van der Waals surface area contributed by atoms with Crippen molar-refractivity contribution in [3.63, 3.8) is 0 Å². The van der Waals surface area contributed by atoms with E-state index < -0.39 is 30.3 Å². The van der Waals surface area contributed by atoms with Gasteiger partial charge in [0.15, 0.2) is 11.6 Å². The van der Waals surface area contributed by atoms with Crippen LogP contribution in [0.5, 0.6) is 11.5 Å². The van der Waals surface area contributed by atoms with E-state index in [1.54, 1.807) is 12.3 Å². The number of H-pyrrole nitrogens is 2. The zero-order valence-corrected chi connectivity index (χ0v) is 22.0. The molecule has 7 nitrogen and oxygen atoms in total. The number of imidazole rings is 1. The summed E-state index contributed by atoms with van der Waals surface area (Å²) >= 11 is 0. The lowest BCUT2D eigenvalue weighted by Crippen LogP contribution is -2.28. The second kappa shape index (κ2) is 12.0. The van der Waals surface area contributed by atoms with Gasteiger partial charge < -0.3 is 25.1 Å². The van der Waals surface area contributed by atoms with Crippen LogP contribution in [0.1, 0.15) is 28.8 Å². The number of aromatic nitrogens is 3. The van der Waals surface area contributed by atoms with E-state index in [4.69, 9.17) is 9.84 Å². The number of aromatic amines is 2. The molecular formula is C30H25F5N4O3. The first-order valence-corrected chi connectivity index (χ1v) is 12.9. The maximum absolute atomic E-state index is 15.1. The van der Waals surface area contributed by atoms with Gasteiger partial charge in [0.1, 0.15) is 17.4 Å². The number of alkyl halides is 3. The van der Waals surface area contributed by atoms with Gasteiger partial charge in [-0.25, -0.2) is 13.8 Å². The smallest absolute Gasteiger partial charge is 0.401 e. The van der Waals surface area contributed by atoms with Crippen molar-refractivity contribution in [2.75, 3.05) is 6.54 Å². The van der Waals surface area contributed by atoms with Crippen molar-refractivity contribution < 1.29 is 36.6 Å². The normalized spacial score (nSPS) is 11.7. The summed E-state index contributed by atoms with van der Waals surface area (Å²) in [6.45, 7) is -1.60. The first-order valence-electron chi connectivity index (χ1n) is 12.9. The number of ether oxygens (including phenoxy) is 1. The second-order valence-electron chi connectivity index (χ2n) is 9.71. The highest BCUT2D eigenvalue weighted by Crippen LogP contribution is 2.36. The molecule has 0 amide bonds. The van der Waals surface area contributed by atoms with Crippen LogP contribution in [-0.4, -0.2) is 38.7 Å². The molecule has 5 rings (SSSR count). The number of nitrogens with one attached hydrogen (secondary N) is 3. The Morgan fingerprint density at radius 2 is 1.83 bits per heavy atom. The predicted molar refractivity (Wildman–Crippen MR) is 145 cm³/mol. The average molecular weight is 585 g/mol. The van der Waals surface area contributed by atoms with E-state index in [0.29, 0.717) is 29.4 Å². The fraction of sp³-hybridized carbons (Fsp3) is 0.200. The van der Waals surface area contributed by atoms with Crippen LogP contribution in [0, 0.1) is 11.6 Å². The number of carboxylic acid groups (broad SMARTS) is 1. The van der Waals surface area contributed by atoms with Crippen LogP contribution in [0.3, 0.4) is 0 Å². The maximum Gasteiger partial charge on any atom is 0.401 e. The summed E-state index contributed by atoms with van der Waals surface area (Å²) in [6.07, 6.45) is -0.518. The van der Waals surface area contributed by atoms with Crippen LogP contribution in [0.25, 0.3) is 22.3 Å². The number of rotatable bonds is 11. The van der Waals surface area contributed by atoms with E-state index in [2.05, 4.69) is 20.3 Å². The number of carbonyl (C=O) groups is 1. The number of hydrogen-bond donors (Lipinski definition) is 4. The van der Waals surface area contributed by atoms with Crippen LogP contribution < -0.4 is 10.1 Å². The molecule has 0 aliphatic rings. The van der Waals surface area contributed by atoms with E-state index in [1.807, 2.05) is 24.3 Å². The summed E-state index contributed by atoms with van der Waals surface area (Å²) in [6, 6.07) is 14.0. The number of halogens is 5. The fourth-order valence-corrected chi connectivity index (χ4v) is 4.66. The van der Waals surface area contributed by atoms with Crippen molar-refractivity contribution in [3.05, 3.63) is 101 Å². The van der Waals surface area contributed by atoms with Gasteiger partial charge in [-0.2, -0.15) is 13.2 Å². The third kappa shape index (κ3) is 6.95. The minimum Gasteiger partial charge on any atom is -0.481 e. The Labute approximate surface area is 236 Å². The Balaban J connectivity index is 1.38. The van der Waals surface area contributed by atoms with Crippen molar-refractivity contribution in [1.29, 1.82) is 0 Å². The predicted octanol–water partition coefficient (Wildman–Crippen LogP) is 6.89. The summed E-state index contributed by atoms with van der Waals surface area (Å²) in [4.78, 5) is 21.1.